The van der Waals surface area contributed by atoms with Crippen LogP contribution in [0.5, 0.6) is 0 Å². The lowest BCUT2D eigenvalue weighted by molar-refractivity contribution is 1.23. The lowest BCUT2D eigenvalue weighted by atomic mass is 9.93. The maximum atomic E-state index is 4.93. The van der Waals surface area contributed by atoms with Crippen LogP contribution in [0.15, 0.2) is 73.2 Å². The van der Waals surface area contributed by atoms with E-state index in [0.29, 0.717) is 0 Å². The first kappa shape index (κ1) is 16.2. The Hall–Kier alpha value is -3.79. The molecule has 0 saturated heterocycles. The number of nitrogens with zero attached hydrogens (tertiary/aromatic N) is 4. The van der Waals surface area contributed by atoms with Crippen molar-refractivity contribution in [3.8, 4) is 11.1 Å². The second-order valence-corrected chi connectivity index (χ2v) is 7.54. The van der Waals surface area contributed by atoms with Gasteiger partial charge in [0.05, 0.1) is 11.7 Å². The Labute approximate surface area is 167 Å². The fourth-order valence-corrected chi connectivity index (χ4v) is 4.39. The van der Waals surface area contributed by atoms with Crippen LogP contribution in [-0.4, -0.2) is 19.4 Å². The lowest BCUT2D eigenvalue weighted by Crippen LogP contribution is -1.95. The van der Waals surface area contributed by atoms with Crippen LogP contribution in [0.3, 0.4) is 0 Å². The van der Waals surface area contributed by atoms with Gasteiger partial charge in [-0.2, -0.15) is 0 Å². The van der Waals surface area contributed by atoms with Crippen LogP contribution < -0.4 is 0 Å². The van der Waals surface area contributed by atoms with E-state index in [1.165, 1.54) is 27.6 Å². The highest BCUT2D eigenvalue weighted by atomic mass is 15.1. The average Bonchev–Trinajstić information content (AvgIpc) is 3.14. The monoisotopic (exact) mass is 374 g/mol. The van der Waals surface area contributed by atoms with Crippen molar-refractivity contribution in [3.05, 3.63) is 84.3 Å². The zero-order valence-corrected chi connectivity index (χ0v) is 16.2. The normalized spacial score (nSPS) is 11.8. The zero-order valence-electron chi connectivity index (χ0n) is 16.2. The maximum absolute atomic E-state index is 4.93. The van der Waals surface area contributed by atoms with Crippen molar-refractivity contribution in [1.29, 1.82) is 0 Å². The van der Waals surface area contributed by atoms with E-state index in [0.717, 1.165) is 33.1 Å². The molecule has 4 heteroatoms. The Morgan fingerprint density at radius 1 is 0.724 bits per heavy atom. The smallest absolute Gasteiger partial charge is 0.165 e. The van der Waals surface area contributed by atoms with Crippen LogP contribution in [0, 0.1) is 13.8 Å². The molecule has 0 fully saturated rings. The third-order valence-electron chi connectivity index (χ3n) is 5.79. The number of rotatable bonds is 1. The molecular weight excluding hydrogens is 356 g/mol. The summed E-state index contributed by atoms with van der Waals surface area (Å²) >= 11 is 0. The minimum Gasteiger partial charge on any atom is -0.274 e. The van der Waals surface area contributed by atoms with Crippen molar-refractivity contribution in [3.63, 3.8) is 0 Å². The molecule has 4 heterocycles. The zero-order chi connectivity index (χ0) is 19.5. The van der Waals surface area contributed by atoms with E-state index < -0.39 is 0 Å². The van der Waals surface area contributed by atoms with E-state index in [1.807, 2.05) is 30.7 Å². The molecule has 4 aromatic heterocycles. The van der Waals surface area contributed by atoms with Crippen LogP contribution in [-0.2, 0) is 0 Å². The van der Waals surface area contributed by atoms with Crippen LogP contribution in [0.1, 0.15) is 11.1 Å². The van der Waals surface area contributed by atoms with Gasteiger partial charge in [-0.25, -0.2) is 9.97 Å². The summed E-state index contributed by atoms with van der Waals surface area (Å²) in [5, 5.41) is 3.48. The topological polar surface area (TPSA) is 43.1 Å². The first-order valence-corrected chi connectivity index (χ1v) is 9.71. The molecule has 0 bridgehead atoms. The Balaban J connectivity index is 1.85. The first-order chi connectivity index (χ1) is 14.2. The van der Waals surface area contributed by atoms with Gasteiger partial charge in [0.15, 0.2) is 5.65 Å². The molecule has 4 nitrogen and oxygen atoms in total. The molecule has 0 amide bonds. The van der Waals surface area contributed by atoms with Crippen LogP contribution >= 0.6 is 0 Å². The van der Waals surface area contributed by atoms with Gasteiger partial charge in [-0.3, -0.25) is 9.38 Å². The van der Waals surface area contributed by atoms with Crippen molar-refractivity contribution in [1.82, 2.24) is 19.4 Å². The quantitative estimate of drug-likeness (QED) is 0.338. The van der Waals surface area contributed by atoms with Gasteiger partial charge in [0, 0.05) is 23.2 Å². The van der Waals surface area contributed by atoms with Crippen molar-refractivity contribution < 1.29 is 0 Å². The molecule has 29 heavy (non-hydrogen) atoms. The Kier molecular flexibility index (Phi) is 3.27. The minimum atomic E-state index is 0.864. The van der Waals surface area contributed by atoms with E-state index in [1.54, 1.807) is 0 Å². The molecule has 0 aliphatic carbocycles. The van der Waals surface area contributed by atoms with Crippen molar-refractivity contribution >= 4 is 38.5 Å². The third kappa shape index (κ3) is 2.23. The van der Waals surface area contributed by atoms with Gasteiger partial charge >= 0.3 is 0 Å². The Morgan fingerprint density at radius 2 is 1.62 bits per heavy atom. The molecule has 0 aliphatic heterocycles. The molecule has 0 N–H and O–H groups in total. The van der Waals surface area contributed by atoms with Gasteiger partial charge in [0.1, 0.15) is 11.2 Å². The van der Waals surface area contributed by atoms with Gasteiger partial charge in [0.25, 0.3) is 0 Å². The van der Waals surface area contributed by atoms with E-state index in [2.05, 4.69) is 70.7 Å². The van der Waals surface area contributed by atoms with Crippen molar-refractivity contribution in [2.45, 2.75) is 13.8 Å². The van der Waals surface area contributed by atoms with Crippen molar-refractivity contribution in [2.75, 3.05) is 0 Å². The number of aromatic nitrogens is 4. The summed E-state index contributed by atoms with van der Waals surface area (Å²) < 4.78 is 2.13. The molecule has 0 saturated carbocycles. The molecule has 6 aromatic rings. The highest BCUT2D eigenvalue weighted by Crippen LogP contribution is 2.36. The number of hydrogen-bond acceptors (Lipinski definition) is 3. The van der Waals surface area contributed by atoms with Crippen LogP contribution in [0.2, 0.25) is 0 Å². The van der Waals surface area contributed by atoms with E-state index in [9.17, 15) is 0 Å². The molecule has 138 valence electrons. The van der Waals surface area contributed by atoms with Gasteiger partial charge in [-0.05, 0) is 71.8 Å². The number of fused-ring (bicyclic) bond motifs is 8. The standard InChI is InChI=1S/C25H18N4/c1-15-6-3-4-7-17(15)19-13-20-18-9-11-26-14-23(18)29-24(21(20)12-16(19)2)28-22-8-5-10-27-25(22)29/h3-14H,1-2H3. The van der Waals surface area contributed by atoms with Gasteiger partial charge < -0.3 is 0 Å². The van der Waals surface area contributed by atoms with Crippen LogP contribution in [0.25, 0.3) is 49.6 Å². The summed E-state index contributed by atoms with van der Waals surface area (Å²) in [6.07, 6.45) is 5.58. The molecular formula is C25H18N4. The first-order valence-electron chi connectivity index (χ1n) is 9.71. The molecule has 0 aliphatic rings. The summed E-state index contributed by atoms with van der Waals surface area (Å²) in [6, 6.07) is 19.1. The summed E-state index contributed by atoms with van der Waals surface area (Å²) in [4.78, 5) is 13.9. The number of hydrogen-bond donors (Lipinski definition) is 0. The highest BCUT2D eigenvalue weighted by Gasteiger charge is 2.16. The van der Waals surface area contributed by atoms with E-state index in [-0.39, 0.29) is 0 Å². The van der Waals surface area contributed by atoms with Crippen LogP contribution in [0.4, 0.5) is 0 Å². The number of pyridine rings is 3. The predicted molar refractivity (Wildman–Crippen MR) is 118 cm³/mol. The van der Waals surface area contributed by atoms with Gasteiger partial charge in [-0.15, -0.1) is 0 Å². The molecule has 0 radical (unpaired) electrons. The molecule has 6 rings (SSSR count). The minimum absolute atomic E-state index is 0.864. The summed E-state index contributed by atoms with van der Waals surface area (Å²) in [5.41, 5.74) is 8.74. The second-order valence-electron chi connectivity index (χ2n) is 7.54. The predicted octanol–water partition coefficient (Wildman–Crippen LogP) is 5.87. The fourth-order valence-electron chi connectivity index (χ4n) is 4.39. The Bertz CT molecular complexity index is 1580. The fraction of sp³-hybridized carbons (Fsp3) is 0.0800. The summed E-state index contributed by atoms with van der Waals surface area (Å²) in [7, 11) is 0. The second kappa shape index (κ2) is 5.85. The Morgan fingerprint density at radius 3 is 2.52 bits per heavy atom. The summed E-state index contributed by atoms with van der Waals surface area (Å²) in [6.45, 7) is 4.34. The molecule has 0 atom stereocenters. The maximum Gasteiger partial charge on any atom is 0.165 e. The number of benzene rings is 2. The third-order valence-corrected chi connectivity index (χ3v) is 5.79. The highest BCUT2D eigenvalue weighted by molar-refractivity contribution is 6.14. The lowest BCUT2D eigenvalue weighted by Gasteiger charge is -2.14. The average molecular weight is 374 g/mol. The van der Waals surface area contributed by atoms with Gasteiger partial charge in [-0.1, -0.05) is 24.3 Å². The largest absolute Gasteiger partial charge is 0.274 e. The number of aryl methyl sites for hydroxylation is 2. The SMILES string of the molecule is Cc1ccccc1-c1cc2c3ccncc3n3c4ncccc4nc3c2cc1C. The van der Waals surface area contributed by atoms with E-state index in [4.69, 9.17) is 4.98 Å². The molecule has 0 unspecified atom stereocenters. The molecule has 0 spiro atoms. The van der Waals surface area contributed by atoms with Crippen molar-refractivity contribution in [2.24, 2.45) is 0 Å². The molecule has 2 aromatic carbocycles. The summed E-state index contributed by atoms with van der Waals surface area (Å²) in [5.74, 6) is 0. The van der Waals surface area contributed by atoms with E-state index >= 15 is 0 Å². The van der Waals surface area contributed by atoms with Gasteiger partial charge in [0.2, 0.25) is 0 Å². The number of imidazole rings is 1.